The SMILES string of the molecule is CC(=O)Nc1ccc(NCCn2cc(C(=O)O)nn2)cc1. The number of carboxylic acids is 1. The molecule has 110 valence electrons. The second kappa shape index (κ2) is 6.51. The van der Waals surface area contributed by atoms with Crippen LogP contribution in [0.3, 0.4) is 0 Å². The molecule has 2 rings (SSSR count). The second-order valence-corrected chi connectivity index (χ2v) is 4.36. The van der Waals surface area contributed by atoms with Gasteiger partial charge < -0.3 is 15.7 Å². The molecular formula is C13H15N5O3. The molecule has 0 spiro atoms. The highest BCUT2D eigenvalue weighted by atomic mass is 16.4. The van der Waals surface area contributed by atoms with Crippen LogP contribution in [0.25, 0.3) is 0 Å². The predicted molar refractivity (Wildman–Crippen MR) is 76.2 cm³/mol. The van der Waals surface area contributed by atoms with Crippen LogP contribution in [0.5, 0.6) is 0 Å². The molecule has 1 amide bonds. The molecule has 0 saturated carbocycles. The maximum Gasteiger partial charge on any atom is 0.358 e. The Morgan fingerprint density at radius 1 is 1.24 bits per heavy atom. The molecule has 0 aliphatic carbocycles. The number of nitrogens with zero attached hydrogens (tertiary/aromatic N) is 3. The van der Waals surface area contributed by atoms with Crippen LogP contribution in [0.1, 0.15) is 17.4 Å². The zero-order chi connectivity index (χ0) is 15.2. The summed E-state index contributed by atoms with van der Waals surface area (Å²) in [4.78, 5) is 21.5. The molecule has 2 aromatic rings. The summed E-state index contributed by atoms with van der Waals surface area (Å²) < 4.78 is 1.46. The van der Waals surface area contributed by atoms with Crippen molar-refractivity contribution < 1.29 is 14.7 Å². The van der Waals surface area contributed by atoms with Crippen molar-refractivity contribution in [3.63, 3.8) is 0 Å². The van der Waals surface area contributed by atoms with Crippen LogP contribution in [0.4, 0.5) is 11.4 Å². The molecule has 0 aliphatic heterocycles. The van der Waals surface area contributed by atoms with Gasteiger partial charge in [0.2, 0.25) is 5.91 Å². The van der Waals surface area contributed by atoms with Crippen molar-refractivity contribution in [2.45, 2.75) is 13.5 Å². The average Bonchev–Trinajstić information content (AvgIpc) is 2.89. The first-order chi connectivity index (χ1) is 10.0. The summed E-state index contributed by atoms with van der Waals surface area (Å²) in [5, 5.41) is 21.8. The van der Waals surface area contributed by atoms with Crippen LogP contribution in [-0.2, 0) is 11.3 Å². The fourth-order valence-electron chi connectivity index (χ4n) is 1.70. The maximum absolute atomic E-state index is 10.9. The van der Waals surface area contributed by atoms with E-state index in [2.05, 4.69) is 20.9 Å². The van der Waals surface area contributed by atoms with Crippen molar-refractivity contribution >= 4 is 23.3 Å². The van der Waals surface area contributed by atoms with Gasteiger partial charge in [-0.3, -0.25) is 4.79 Å². The van der Waals surface area contributed by atoms with Gasteiger partial charge in [-0.05, 0) is 24.3 Å². The highest BCUT2D eigenvalue weighted by Crippen LogP contribution is 2.13. The minimum Gasteiger partial charge on any atom is -0.476 e. The molecule has 21 heavy (non-hydrogen) atoms. The molecule has 1 heterocycles. The maximum atomic E-state index is 10.9. The molecule has 1 aromatic carbocycles. The van der Waals surface area contributed by atoms with E-state index in [1.165, 1.54) is 17.8 Å². The number of aromatic carboxylic acids is 1. The van der Waals surface area contributed by atoms with Crippen molar-refractivity contribution in [2.24, 2.45) is 0 Å². The largest absolute Gasteiger partial charge is 0.476 e. The van der Waals surface area contributed by atoms with Gasteiger partial charge in [0.15, 0.2) is 5.69 Å². The number of carbonyl (C=O) groups excluding carboxylic acids is 1. The number of rotatable bonds is 6. The van der Waals surface area contributed by atoms with Gasteiger partial charge >= 0.3 is 5.97 Å². The van der Waals surface area contributed by atoms with Crippen molar-refractivity contribution in [3.8, 4) is 0 Å². The smallest absolute Gasteiger partial charge is 0.358 e. The Kier molecular flexibility index (Phi) is 4.50. The number of carbonyl (C=O) groups is 2. The van der Waals surface area contributed by atoms with Gasteiger partial charge in [0, 0.05) is 24.8 Å². The van der Waals surface area contributed by atoms with Crippen LogP contribution in [-0.4, -0.2) is 38.5 Å². The summed E-state index contributed by atoms with van der Waals surface area (Å²) >= 11 is 0. The molecule has 0 aliphatic rings. The summed E-state index contributed by atoms with van der Waals surface area (Å²) in [6.45, 7) is 2.52. The Labute approximate surface area is 120 Å². The van der Waals surface area contributed by atoms with E-state index in [4.69, 9.17) is 5.11 Å². The minimum atomic E-state index is -1.09. The van der Waals surface area contributed by atoms with Crippen LogP contribution in [0.15, 0.2) is 30.5 Å². The van der Waals surface area contributed by atoms with E-state index in [1.807, 2.05) is 12.1 Å². The van der Waals surface area contributed by atoms with Crippen LogP contribution < -0.4 is 10.6 Å². The number of aromatic nitrogens is 3. The standard InChI is InChI=1S/C13H15N5O3/c1-9(19)15-11-4-2-10(3-5-11)14-6-7-18-8-12(13(20)21)16-17-18/h2-5,8,14H,6-7H2,1H3,(H,15,19)(H,20,21). The third kappa shape index (κ3) is 4.30. The lowest BCUT2D eigenvalue weighted by Gasteiger charge is -2.07. The average molecular weight is 289 g/mol. The van der Waals surface area contributed by atoms with Crippen molar-refractivity contribution in [1.29, 1.82) is 0 Å². The molecule has 1 aromatic heterocycles. The van der Waals surface area contributed by atoms with Crippen molar-refractivity contribution in [1.82, 2.24) is 15.0 Å². The highest BCUT2D eigenvalue weighted by Gasteiger charge is 2.07. The van der Waals surface area contributed by atoms with Crippen LogP contribution in [0, 0.1) is 0 Å². The first kappa shape index (κ1) is 14.5. The highest BCUT2D eigenvalue weighted by molar-refractivity contribution is 5.88. The topological polar surface area (TPSA) is 109 Å². The molecule has 0 saturated heterocycles. The summed E-state index contributed by atoms with van der Waals surface area (Å²) in [5.74, 6) is -1.21. The van der Waals surface area contributed by atoms with Gasteiger partial charge in [-0.15, -0.1) is 5.10 Å². The van der Waals surface area contributed by atoms with E-state index in [9.17, 15) is 9.59 Å². The second-order valence-electron chi connectivity index (χ2n) is 4.36. The number of nitrogens with one attached hydrogen (secondary N) is 2. The zero-order valence-corrected chi connectivity index (χ0v) is 11.4. The van der Waals surface area contributed by atoms with E-state index < -0.39 is 5.97 Å². The lowest BCUT2D eigenvalue weighted by atomic mass is 10.2. The van der Waals surface area contributed by atoms with Gasteiger partial charge in [-0.25, -0.2) is 9.48 Å². The molecule has 0 radical (unpaired) electrons. The first-order valence-electron chi connectivity index (χ1n) is 6.29. The number of hydrogen-bond acceptors (Lipinski definition) is 5. The lowest BCUT2D eigenvalue weighted by Crippen LogP contribution is -2.11. The Bertz CT molecular complexity index is 636. The van der Waals surface area contributed by atoms with E-state index in [1.54, 1.807) is 12.1 Å². The molecular weight excluding hydrogens is 274 g/mol. The van der Waals surface area contributed by atoms with Gasteiger partial charge in [0.25, 0.3) is 0 Å². The third-order valence-electron chi connectivity index (χ3n) is 2.63. The van der Waals surface area contributed by atoms with E-state index in [0.717, 1.165) is 11.4 Å². The summed E-state index contributed by atoms with van der Waals surface area (Å²) in [5.41, 5.74) is 1.55. The quantitative estimate of drug-likeness (QED) is 0.733. The van der Waals surface area contributed by atoms with E-state index >= 15 is 0 Å². The Hall–Kier alpha value is -2.90. The lowest BCUT2D eigenvalue weighted by molar-refractivity contribution is -0.114. The first-order valence-corrected chi connectivity index (χ1v) is 6.29. The van der Waals surface area contributed by atoms with Crippen molar-refractivity contribution in [2.75, 3.05) is 17.2 Å². The summed E-state index contributed by atoms with van der Waals surface area (Å²) in [6, 6.07) is 7.27. The van der Waals surface area contributed by atoms with Crippen molar-refractivity contribution in [3.05, 3.63) is 36.2 Å². The summed E-state index contributed by atoms with van der Waals surface area (Å²) in [7, 11) is 0. The Balaban J connectivity index is 1.82. The van der Waals surface area contributed by atoms with Crippen LogP contribution >= 0.6 is 0 Å². The Morgan fingerprint density at radius 2 is 1.90 bits per heavy atom. The molecule has 0 bridgehead atoms. The zero-order valence-electron chi connectivity index (χ0n) is 11.4. The third-order valence-corrected chi connectivity index (χ3v) is 2.63. The number of hydrogen-bond donors (Lipinski definition) is 3. The van der Waals surface area contributed by atoms with Gasteiger partial charge in [0.05, 0.1) is 12.7 Å². The molecule has 0 atom stereocenters. The molecule has 8 nitrogen and oxygen atoms in total. The molecule has 0 unspecified atom stereocenters. The fraction of sp³-hybridized carbons (Fsp3) is 0.231. The van der Waals surface area contributed by atoms with Crippen LogP contribution in [0.2, 0.25) is 0 Å². The summed E-state index contributed by atoms with van der Waals surface area (Å²) in [6.07, 6.45) is 1.38. The minimum absolute atomic E-state index is 0.0744. The van der Waals surface area contributed by atoms with Gasteiger partial charge in [-0.1, -0.05) is 5.21 Å². The van der Waals surface area contributed by atoms with Gasteiger partial charge in [-0.2, -0.15) is 0 Å². The number of benzene rings is 1. The van der Waals surface area contributed by atoms with Gasteiger partial charge in [0.1, 0.15) is 0 Å². The molecule has 0 fully saturated rings. The fourth-order valence-corrected chi connectivity index (χ4v) is 1.70. The van der Waals surface area contributed by atoms with E-state index in [0.29, 0.717) is 13.1 Å². The number of anilines is 2. The molecule has 3 N–H and O–H groups in total. The monoisotopic (exact) mass is 289 g/mol. The number of carboxylic acid groups (broad SMARTS) is 1. The normalized spacial score (nSPS) is 10.1. The Morgan fingerprint density at radius 3 is 2.48 bits per heavy atom. The predicted octanol–water partition coefficient (Wildman–Crippen LogP) is 1.05. The number of amides is 1. The van der Waals surface area contributed by atoms with E-state index in [-0.39, 0.29) is 11.6 Å². The molecule has 8 heteroatoms.